The molecule has 4 nitrogen and oxygen atoms in total. The van der Waals surface area contributed by atoms with Gasteiger partial charge in [-0.3, -0.25) is 0 Å². The quantitative estimate of drug-likeness (QED) is 0.491. The zero-order valence-electron chi connectivity index (χ0n) is 12.7. The first-order valence-corrected chi connectivity index (χ1v) is 8.06. The maximum Gasteiger partial charge on any atom is 0.157 e. The van der Waals surface area contributed by atoms with Crippen molar-refractivity contribution in [1.29, 1.82) is 0 Å². The summed E-state index contributed by atoms with van der Waals surface area (Å²) in [7, 11) is 1.97. The maximum atomic E-state index is 6.25. The number of imidazole rings is 1. The molecule has 0 saturated heterocycles. The van der Waals surface area contributed by atoms with Crippen LogP contribution in [-0.4, -0.2) is 14.5 Å². The van der Waals surface area contributed by atoms with Crippen LogP contribution in [0.3, 0.4) is 0 Å². The number of rotatable bonds is 2. The lowest BCUT2D eigenvalue weighted by Gasteiger charge is -2.00. The van der Waals surface area contributed by atoms with Crippen molar-refractivity contribution in [2.45, 2.75) is 6.54 Å². The largest absolute Gasteiger partial charge is 0.332 e. The van der Waals surface area contributed by atoms with E-state index in [-0.39, 0.29) is 24.8 Å². The Morgan fingerprint density at radius 2 is 2.04 bits per heavy atom. The molecule has 0 bridgehead atoms. The van der Waals surface area contributed by atoms with Gasteiger partial charge in [-0.05, 0) is 23.3 Å². The molecule has 0 aliphatic rings. The average molecular weight is 402 g/mol. The number of pyridine rings is 1. The highest BCUT2D eigenvalue weighted by Gasteiger charge is 2.15. The van der Waals surface area contributed by atoms with Crippen LogP contribution in [0.5, 0.6) is 0 Å². The van der Waals surface area contributed by atoms with E-state index in [9.17, 15) is 0 Å². The van der Waals surface area contributed by atoms with Crippen LogP contribution >= 0.6 is 47.8 Å². The molecular weight excluding hydrogens is 387 g/mol. The molecule has 24 heavy (non-hydrogen) atoms. The van der Waals surface area contributed by atoms with Crippen LogP contribution < -0.4 is 5.73 Å². The molecule has 0 aliphatic heterocycles. The standard InChI is InChI=1S/C16H13ClN4S.2ClH/c1-21-8-19-13-14(21)15-11(20-16(13)17)6-12(22-15)10-4-2-3-9(5-10)7-18;;/h2-6,8H,7,18H2,1H3;2*1H. The summed E-state index contributed by atoms with van der Waals surface area (Å²) in [5.41, 5.74) is 10.7. The molecule has 0 radical (unpaired) electrons. The van der Waals surface area contributed by atoms with Crippen molar-refractivity contribution in [2.75, 3.05) is 0 Å². The number of fused-ring (bicyclic) bond motifs is 3. The third kappa shape index (κ3) is 2.98. The summed E-state index contributed by atoms with van der Waals surface area (Å²) >= 11 is 7.96. The minimum absolute atomic E-state index is 0. The van der Waals surface area contributed by atoms with Crippen molar-refractivity contribution < 1.29 is 0 Å². The Morgan fingerprint density at radius 1 is 1.25 bits per heavy atom. The van der Waals surface area contributed by atoms with Gasteiger partial charge in [-0.2, -0.15) is 0 Å². The van der Waals surface area contributed by atoms with Crippen LogP contribution in [0.2, 0.25) is 5.15 Å². The van der Waals surface area contributed by atoms with E-state index in [0.717, 1.165) is 37.3 Å². The summed E-state index contributed by atoms with van der Waals surface area (Å²) in [6, 6.07) is 10.3. The van der Waals surface area contributed by atoms with Crippen LogP contribution in [-0.2, 0) is 13.6 Å². The number of hydrogen-bond donors (Lipinski definition) is 1. The predicted octanol–water partition coefficient (Wildman–Crippen LogP) is 4.81. The Kier molecular flexibility index (Phi) is 5.73. The van der Waals surface area contributed by atoms with Gasteiger partial charge in [-0.15, -0.1) is 36.2 Å². The van der Waals surface area contributed by atoms with Crippen molar-refractivity contribution in [3.8, 4) is 10.4 Å². The Morgan fingerprint density at radius 3 is 2.79 bits per heavy atom. The molecule has 0 atom stereocenters. The molecule has 4 aromatic rings. The Labute approximate surface area is 160 Å². The SMILES string of the molecule is Cl.Cl.Cn1cnc2c(Cl)nc3cc(-c4cccc(CN)c4)sc3c21. The predicted molar refractivity (Wildman–Crippen MR) is 107 cm³/mol. The van der Waals surface area contributed by atoms with Crippen molar-refractivity contribution >= 4 is 69.0 Å². The number of aromatic nitrogens is 3. The molecule has 0 aliphatic carbocycles. The molecule has 8 heteroatoms. The molecule has 3 heterocycles. The van der Waals surface area contributed by atoms with Crippen molar-refractivity contribution in [1.82, 2.24) is 14.5 Å². The minimum atomic E-state index is 0. The van der Waals surface area contributed by atoms with Gasteiger partial charge >= 0.3 is 0 Å². The molecule has 1 aromatic carbocycles. The Balaban J connectivity index is 0.00000104. The summed E-state index contributed by atoms with van der Waals surface area (Å²) in [6.45, 7) is 0.536. The third-order valence-electron chi connectivity index (χ3n) is 3.73. The van der Waals surface area contributed by atoms with Crippen LogP contribution in [0.1, 0.15) is 5.56 Å². The van der Waals surface area contributed by atoms with E-state index in [1.807, 2.05) is 23.7 Å². The first-order valence-electron chi connectivity index (χ1n) is 6.87. The molecule has 0 spiro atoms. The fourth-order valence-electron chi connectivity index (χ4n) is 2.64. The van der Waals surface area contributed by atoms with Gasteiger partial charge in [0.2, 0.25) is 0 Å². The number of nitrogens with zero attached hydrogens (tertiary/aromatic N) is 3. The summed E-state index contributed by atoms with van der Waals surface area (Å²) in [5.74, 6) is 0. The van der Waals surface area contributed by atoms with Crippen LogP contribution in [0.4, 0.5) is 0 Å². The van der Waals surface area contributed by atoms with Gasteiger partial charge in [-0.1, -0.05) is 29.8 Å². The van der Waals surface area contributed by atoms with Gasteiger partial charge in [-0.25, -0.2) is 9.97 Å². The summed E-state index contributed by atoms with van der Waals surface area (Å²) in [6.07, 6.45) is 1.77. The molecular formula is C16H15Cl3N4S. The van der Waals surface area contributed by atoms with E-state index in [2.05, 4.69) is 28.2 Å². The Hall–Kier alpha value is -1.37. The molecule has 3 aromatic heterocycles. The molecule has 0 fully saturated rings. The number of halogens is 3. The van der Waals surface area contributed by atoms with E-state index < -0.39 is 0 Å². The van der Waals surface area contributed by atoms with Crippen molar-refractivity contribution in [3.63, 3.8) is 0 Å². The zero-order chi connectivity index (χ0) is 15.3. The van der Waals surface area contributed by atoms with Crippen LogP contribution in [0.15, 0.2) is 36.7 Å². The van der Waals surface area contributed by atoms with Gasteiger partial charge in [0.25, 0.3) is 0 Å². The van der Waals surface area contributed by atoms with Gasteiger partial charge in [0.05, 0.1) is 22.1 Å². The van der Waals surface area contributed by atoms with Crippen LogP contribution in [0.25, 0.3) is 31.7 Å². The topological polar surface area (TPSA) is 56.7 Å². The molecule has 0 saturated carbocycles. The first-order chi connectivity index (χ1) is 10.7. The molecule has 0 unspecified atom stereocenters. The van der Waals surface area contributed by atoms with E-state index in [1.165, 1.54) is 0 Å². The van der Waals surface area contributed by atoms with E-state index in [0.29, 0.717) is 11.7 Å². The van der Waals surface area contributed by atoms with Gasteiger partial charge < -0.3 is 10.3 Å². The lowest BCUT2D eigenvalue weighted by atomic mass is 10.1. The second kappa shape index (κ2) is 7.25. The van der Waals surface area contributed by atoms with E-state index in [4.69, 9.17) is 17.3 Å². The smallest absolute Gasteiger partial charge is 0.157 e. The van der Waals surface area contributed by atoms with Gasteiger partial charge in [0, 0.05) is 18.5 Å². The van der Waals surface area contributed by atoms with Crippen molar-refractivity contribution in [2.24, 2.45) is 12.8 Å². The first kappa shape index (κ1) is 19.0. The number of benzene rings is 1. The average Bonchev–Trinajstić information content (AvgIpc) is 3.11. The summed E-state index contributed by atoms with van der Waals surface area (Å²) in [4.78, 5) is 9.97. The van der Waals surface area contributed by atoms with Gasteiger partial charge in [0.1, 0.15) is 5.52 Å². The summed E-state index contributed by atoms with van der Waals surface area (Å²) in [5, 5.41) is 0.447. The second-order valence-corrected chi connectivity index (χ2v) is 6.60. The molecule has 126 valence electrons. The highest BCUT2D eigenvalue weighted by molar-refractivity contribution is 7.23. The maximum absolute atomic E-state index is 6.25. The number of nitrogens with two attached hydrogens (primary N) is 1. The lowest BCUT2D eigenvalue weighted by Crippen LogP contribution is -1.95. The normalized spacial score (nSPS) is 10.6. The van der Waals surface area contributed by atoms with E-state index in [1.54, 1.807) is 17.7 Å². The fourth-order valence-corrected chi connectivity index (χ4v) is 4.05. The lowest BCUT2D eigenvalue weighted by molar-refractivity contribution is 0.951. The summed E-state index contributed by atoms with van der Waals surface area (Å²) < 4.78 is 3.09. The number of hydrogen-bond acceptors (Lipinski definition) is 4. The zero-order valence-corrected chi connectivity index (χ0v) is 15.9. The molecule has 2 N–H and O–H groups in total. The van der Waals surface area contributed by atoms with Gasteiger partial charge in [0.15, 0.2) is 5.15 Å². The molecule has 4 rings (SSSR count). The third-order valence-corrected chi connectivity index (χ3v) is 5.17. The van der Waals surface area contributed by atoms with Crippen LogP contribution in [0, 0.1) is 0 Å². The fraction of sp³-hybridized carbons (Fsp3) is 0.125. The number of thiophene rings is 1. The monoisotopic (exact) mass is 400 g/mol. The number of aryl methyl sites for hydroxylation is 1. The second-order valence-electron chi connectivity index (χ2n) is 5.18. The van der Waals surface area contributed by atoms with E-state index >= 15 is 0 Å². The highest BCUT2D eigenvalue weighted by atomic mass is 35.5. The van der Waals surface area contributed by atoms with Crippen molar-refractivity contribution in [3.05, 3.63) is 47.4 Å². The Bertz CT molecular complexity index is 1010. The minimum Gasteiger partial charge on any atom is -0.332 e. The highest BCUT2D eigenvalue weighted by Crippen LogP contribution is 2.38. The molecule has 0 amide bonds.